The molecule has 4 aromatic rings. The van der Waals surface area contributed by atoms with Crippen molar-refractivity contribution in [3.8, 4) is 16.2 Å². The van der Waals surface area contributed by atoms with E-state index in [0.717, 1.165) is 31.0 Å². The molecule has 0 radical (unpaired) electrons. The minimum Gasteiger partial charge on any atom is -0.492 e. The molecule has 2 N–H and O–H groups in total. The standard InChI is InChI=1S/C27H28N2OS/c28-22-7-5-6-21(19-22)27-25(24-8-1-2-9-26(24)31-27)18-20-10-12-23(13-11-20)30-17-16-29-14-3-4-15-29/h1-2,5-13,19H,3-4,14-18,28H2. The van der Waals surface area contributed by atoms with Crippen LogP contribution in [0.1, 0.15) is 24.0 Å². The molecule has 1 aromatic heterocycles. The molecule has 5 rings (SSSR count). The number of hydrogen-bond donors (Lipinski definition) is 1. The van der Waals surface area contributed by atoms with E-state index >= 15 is 0 Å². The van der Waals surface area contributed by atoms with Crippen LogP contribution in [0, 0.1) is 0 Å². The van der Waals surface area contributed by atoms with E-state index in [9.17, 15) is 0 Å². The summed E-state index contributed by atoms with van der Waals surface area (Å²) in [6.07, 6.45) is 3.54. The Bertz CT molecular complexity index is 1160. The van der Waals surface area contributed by atoms with Crippen molar-refractivity contribution in [1.29, 1.82) is 0 Å². The van der Waals surface area contributed by atoms with Crippen molar-refractivity contribution < 1.29 is 4.74 Å². The van der Waals surface area contributed by atoms with Crippen molar-refractivity contribution in [3.05, 3.63) is 83.9 Å². The lowest BCUT2D eigenvalue weighted by Gasteiger charge is -2.15. The second-order valence-corrected chi connectivity index (χ2v) is 9.30. The van der Waals surface area contributed by atoms with Crippen LogP contribution >= 0.6 is 11.3 Å². The highest BCUT2D eigenvalue weighted by atomic mass is 32.1. The molecule has 0 atom stereocenters. The smallest absolute Gasteiger partial charge is 0.119 e. The van der Waals surface area contributed by atoms with Crippen LogP contribution < -0.4 is 10.5 Å². The lowest BCUT2D eigenvalue weighted by atomic mass is 9.99. The summed E-state index contributed by atoms with van der Waals surface area (Å²) in [5.74, 6) is 0.953. The molecule has 0 bridgehead atoms. The average Bonchev–Trinajstić information content (AvgIpc) is 3.43. The Labute approximate surface area is 188 Å². The van der Waals surface area contributed by atoms with Gasteiger partial charge in [0.05, 0.1) is 0 Å². The maximum absolute atomic E-state index is 6.08. The molecule has 0 unspecified atom stereocenters. The number of benzene rings is 3. The van der Waals surface area contributed by atoms with E-state index < -0.39 is 0 Å². The Hall–Kier alpha value is -2.82. The van der Waals surface area contributed by atoms with Gasteiger partial charge < -0.3 is 10.5 Å². The average molecular weight is 429 g/mol. The maximum Gasteiger partial charge on any atom is 0.119 e. The molecule has 0 spiro atoms. The molecule has 0 amide bonds. The third-order valence-corrected chi connectivity index (χ3v) is 7.29. The molecule has 3 aromatic carbocycles. The van der Waals surface area contributed by atoms with Crippen LogP contribution in [0.25, 0.3) is 20.5 Å². The van der Waals surface area contributed by atoms with Crippen molar-refractivity contribution in [2.75, 3.05) is 32.0 Å². The number of nitrogens with two attached hydrogens (primary N) is 1. The molecule has 0 saturated carbocycles. The summed E-state index contributed by atoms with van der Waals surface area (Å²) in [6.45, 7) is 4.21. The molecule has 1 aliphatic rings. The number of fused-ring (bicyclic) bond motifs is 1. The molecule has 0 aliphatic carbocycles. The fraction of sp³-hybridized carbons (Fsp3) is 0.259. The van der Waals surface area contributed by atoms with Gasteiger partial charge in [0.2, 0.25) is 0 Å². The number of ether oxygens (including phenoxy) is 1. The Morgan fingerprint density at radius 1 is 0.903 bits per heavy atom. The van der Waals surface area contributed by atoms with Crippen molar-refractivity contribution in [2.24, 2.45) is 0 Å². The Morgan fingerprint density at radius 2 is 1.71 bits per heavy atom. The highest BCUT2D eigenvalue weighted by molar-refractivity contribution is 7.22. The molecule has 3 nitrogen and oxygen atoms in total. The summed E-state index contributed by atoms with van der Waals surface area (Å²) in [5.41, 5.74) is 10.7. The molecule has 31 heavy (non-hydrogen) atoms. The second-order valence-electron chi connectivity index (χ2n) is 8.25. The third kappa shape index (κ3) is 4.60. The van der Waals surface area contributed by atoms with Crippen LogP contribution in [0.3, 0.4) is 0 Å². The minimum atomic E-state index is 0.758. The van der Waals surface area contributed by atoms with Crippen LogP contribution in [0.5, 0.6) is 5.75 Å². The fourth-order valence-corrected chi connectivity index (χ4v) is 5.61. The quantitative estimate of drug-likeness (QED) is 0.355. The summed E-state index contributed by atoms with van der Waals surface area (Å²) in [5, 5.41) is 1.33. The largest absolute Gasteiger partial charge is 0.492 e. The monoisotopic (exact) mass is 428 g/mol. The normalized spacial score (nSPS) is 14.3. The first-order chi connectivity index (χ1) is 15.3. The molecule has 2 heterocycles. The molecule has 158 valence electrons. The summed E-state index contributed by atoms with van der Waals surface area (Å²) in [4.78, 5) is 3.79. The Kier molecular flexibility index (Phi) is 5.92. The van der Waals surface area contributed by atoms with Gasteiger partial charge in [-0.2, -0.15) is 0 Å². The topological polar surface area (TPSA) is 38.5 Å². The number of likely N-dealkylation sites (tertiary alicyclic amines) is 1. The van der Waals surface area contributed by atoms with Crippen molar-refractivity contribution >= 4 is 27.1 Å². The number of nitrogen functional groups attached to an aromatic ring is 1. The summed E-state index contributed by atoms with van der Waals surface area (Å²) in [7, 11) is 0. The van der Waals surface area contributed by atoms with Gasteiger partial charge in [-0.1, -0.05) is 42.5 Å². The molecule has 4 heteroatoms. The van der Waals surface area contributed by atoms with Crippen molar-refractivity contribution in [2.45, 2.75) is 19.3 Å². The Balaban J connectivity index is 1.35. The zero-order valence-electron chi connectivity index (χ0n) is 17.7. The first-order valence-electron chi connectivity index (χ1n) is 11.1. The lowest BCUT2D eigenvalue weighted by Crippen LogP contribution is -2.25. The van der Waals surface area contributed by atoms with Gasteiger partial charge in [-0.15, -0.1) is 11.3 Å². The molecular weight excluding hydrogens is 400 g/mol. The van der Waals surface area contributed by atoms with Crippen LogP contribution in [0.2, 0.25) is 0 Å². The van der Waals surface area contributed by atoms with Crippen LogP contribution in [0.4, 0.5) is 5.69 Å². The zero-order chi connectivity index (χ0) is 21.0. The summed E-state index contributed by atoms with van der Waals surface area (Å²) < 4.78 is 7.30. The SMILES string of the molecule is Nc1cccc(-c2sc3ccccc3c2Cc2ccc(OCCN3CCCC3)cc2)c1. The van der Waals surface area contributed by atoms with Crippen LogP contribution in [-0.2, 0) is 6.42 Å². The summed E-state index contributed by atoms with van der Waals surface area (Å²) in [6, 6.07) is 25.5. The van der Waals surface area contributed by atoms with Crippen LogP contribution in [0.15, 0.2) is 72.8 Å². The lowest BCUT2D eigenvalue weighted by molar-refractivity contribution is 0.238. The number of anilines is 1. The van der Waals surface area contributed by atoms with Gasteiger partial charge in [-0.25, -0.2) is 0 Å². The van der Waals surface area contributed by atoms with Gasteiger partial charge in [-0.05, 0) is 84.8 Å². The fourth-order valence-electron chi connectivity index (χ4n) is 4.39. The van der Waals surface area contributed by atoms with Crippen molar-refractivity contribution in [3.63, 3.8) is 0 Å². The highest BCUT2D eigenvalue weighted by Gasteiger charge is 2.15. The molecular formula is C27H28N2OS. The maximum atomic E-state index is 6.08. The first-order valence-corrected chi connectivity index (χ1v) is 11.9. The first kappa shape index (κ1) is 20.1. The van der Waals surface area contributed by atoms with E-state index in [-0.39, 0.29) is 0 Å². The second kappa shape index (κ2) is 9.13. The molecule has 1 aliphatic heterocycles. The predicted octanol–water partition coefficient (Wildman–Crippen LogP) is 6.22. The van der Waals surface area contributed by atoms with E-state index in [2.05, 4.69) is 65.6 Å². The Morgan fingerprint density at radius 3 is 2.52 bits per heavy atom. The van der Waals surface area contributed by atoms with Gasteiger partial charge in [0.25, 0.3) is 0 Å². The minimum absolute atomic E-state index is 0.758. The van der Waals surface area contributed by atoms with E-state index in [1.165, 1.54) is 57.6 Å². The van der Waals surface area contributed by atoms with Gasteiger partial charge in [0.1, 0.15) is 12.4 Å². The summed E-state index contributed by atoms with van der Waals surface area (Å²) >= 11 is 1.85. The van der Waals surface area contributed by atoms with E-state index in [1.54, 1.807) is 0 Å². The van der Waals surface area contributed by atoms with E-state index in [4.69, 9.17) is 10.5 Å². The van der Waals surface area contributed by atoms with Crippen LogP contribution in [-0.4, -0.2) is 31.1 Å². The van der Waals surface area contributed by atoms with E-state index in [0.29, 0.717) is 0 Å². The number of rotatable bonds is 7. The predicted molar refractivity (Wildman–Crippen MR) is 132 cm³/mol. The van der Waals surface area contributed by atoms with Gasteiger partial charge in [0.15, 0.2) is 0 Å². The van der Waals surface area contributed by atoms with Gasteiger partial charge in [0, 0.05) is 21.8 Å². The highest BCUT2D eigenvalue weighted by Crippen LogP contribution is 2.40. The zero-order valence-corrected chi connectivity index (χ0v) is 18.5. The molecule has 1 saturated heterocycles. The number of nitrogens with zero attached hydrogens (tertiary/aromatic N) is 1. The number of thiophene rings is 1. The number of hydrogen-bond acceptors (Lipinski definition) is 4. The third-order valence-electron chi connectivity index (χ3n) is 6.03. The van der Waals surface area contributed by atoms with Gasteiger partial charge in [-0.3, -0.25) is 4.90 Å². The van der Waals surface area contributed by atoms with E-state index in [1.807, 2.05) is 23.5 Å². The van der Waals surface area contributed by atoms with Gasteiger partial charge >= 0.3 is 0 Å². The van der Waals surface area contributed by atoms with Crippen molar-refractivity contribution in [1.82, 2.24) is 4.90 Å². The molecule has 1 fully saturated rings.